The predicted octanol–water partition coefficient (Wildman–Crippen LogP) is 2.89. The molecule has 0 bridgehead atoms. The number of carbonyl (C=O) groups is 3. The van der Waals surface area contributed by atoms with E-state index in [1.165, 1.54) is 24.5 Å². The summed E-state index contributed by atoms with van der Waals surface area (Å²) in [6.07, 6.45) is 1.92. The summed E-state index contributed by atoms with van der Waals surface area (Å²) in [4.78, 5) is 50.1. The van der Waals surface area contributed by atoms with Gasteiger partial charge in [0, 0.05) is 75.3 Å². The molecule has 1 unspecified atom stereocenters. The molecule has 3 aromatic rings. The molecule has 12 nitrogen and oxygen atoms in total. The molecular formula is C28H33ClFN9O3. The Balaban J connectivity index is 1.54. The zero-order chi connectivity index (χ0) is 30.2. The van der Waals surface area contributed by atoms with Crippen LogP contribution in [0.2, 0.25) is 5.02 Å². The van der Waals surface area contributed by atoms with Crippen molar-refractivity contribution in [3.63, 3.8) is 0 Å². The lowest BCUT2D eigenvalue weighted by molar-refractivity contribution is -0.132. The van der Waals surface area contributed by atoms with Gasteiger partial charge < -0.3 is 25.3 Å². The van der Waals surface area contributed by atoms with Crippen molar-refractivity contribution in [1.29, 1.82) is 0 Å². The van der Waals surface area contributed by atoms with Crippen molar-refractivity contribution in [1.82, 2.24) is 30.0 Å². The zero-order valence-corrected chi connectivity index (χ0v) is 24.4. The van der Waals surface area contributed by atoms with Gasteiger partial charge in [0.1, 0.15) is 23.8 Å². The lowest BCUT2D eigenvalue weighted by atomic mass is 10.1. The molecule has 222 valence electrons. The van der Waals surface area contributed by atoms with E-state index in [0.717, 1.165) is 26.2 Å². The number of likely N-dealkylation sites (N-methyl/N-ethyl adjacent to an activating group) is 1. The molecule has 4 rings (SSSR count). The van der Waals surface area contributed by atoms with E-state index in [9.17, 15) is 18.8 Å². The fourth-order valence-electron chi connectivity index (χ4n) is 4.46. The first-order chi connectivity index (χ1) is 20.1. The van der Waals surface area contributed by atoms with Gasteiger partial charge in [0.15, 0.2) is 17.9 Å². The van der Waals surface area contributed by atoms with Gasteiger partial charge >= 0.3 is 0 Å². The SMILES string of the molecule is CC(CN(C)c1nnc(-c2cc(Cl)ccc2F)cc1Nc1cc(NC(=O)CCN2CCN(C)CC2)ncn1)C(=O)C=O. The van der Waals surface area contributed by atoms with E-state index in [0.29, 0.717) is 41.1 Å². The van der Waals surface area contributed by atoms with Crippen LogP contribution in [0.4, 0.5) is 27.5 Å². The first kappa shape index (κ1) is 30.9. The topological polar surface area (TPSA) is 137 Å². The van der Waals surface area contributed by atoms with Crippen LogP contribution in [-0.2, 0) is 14.4 Å². The molecule has 14 heteroatoms. The Hall–Kier alpha value is -4.07. The Morgan fingerprint density at radius 3 is 2.60 bits per heavy atom. The molecule has 1 aromatic carbocycles. The number of anilines is 4. The van der Waals surface area contributed by atoms with E-state index in [1.54, 1.807) is 31.0 Å². The van der Waals surface area contributed by atoms with E-state index in [2.05, 4.69) is 47.6 Å². The summed E-state index contributed by atoms with van der Waals surface area (Å²) < 4.78 is 14.7. The molecule has 3 heterocycles. The van der Waals surface area contributed by atoms with Crippen LogP contribution in [0.25, 0.3) is 11.3 Å². The van der Waals surface area contributed by atoms with Gasteiger partial charge in [0.2, 0.25) is 5.91 Å². The maximum Gasteiger partial charge on any atom is 0.226 e. The van der Waals surface area contributed by atoms with Crippen LogP contribution < -0.4 is 15.5 Å². The van der Waals surface area contributed by atoms with Gasteiger partial charge in [-0.25, -0.2) is 14.4 Å². The van der Waals surface area contributed by atoms with Crippen molar-refractivity contribution in [2.24, 2.45) is 5.92 Å². The first-order valence-electron chi connectivity index (χ1n) is 13.5. The minimum Gasteiger partial charge on any atom is -0.356 e. The molecule has 2 N–H and O–H groups in total. The third kappa shape index (κ3) is 8.24. The van der Waals surface area contributed by atoms with Gasteiger partial charge in [-0.15, -0.1) is 10.2 Å². The van der Waals surface area contributed by atoms with Crippen LogP contribution in [0.1, 0.15) is 13.3 Å². The number of aromatic nitrogens is 4. The summed E-state index contributed by atoms with van der Waals surface area (Å²) in [6.45, 7) is 6.25. The third-order valence-electron chi connectivity index (χ3n) is 6.94. The summed E-state index contributed by atoms with van der Waals surface area (Å²) in [5.41, 5.74) is 0.740. The van der Waals surface area contributed by atoms with Gasteiger partial charge in [-0.3, -0.25) is 14.4 Å². The van der Waals surface area contributed by atoms with E-state index in [1.807, 2.05) is 0 Å². The van der Waals surface area contributed by atoms with Gasteiger partial charge in [-0.05, 0) is 31.3 Å². The number of hydrogen-bond donors (Lipinski definition) is 2. The number of carbonyl (C=O) groups excluding carboxylic acids is 3. The van der Waals surface area contributed by atoms with Gasteiger partial charge in [0.25, 0.3) is 0 Å². The summed E-state index contributed by atoms with van der Waals surface area (Å²) in [6, 6.07) is 7.26. The molecule has 1 fully saturated rings. The fourth-order valence-corrected chi connectivity index (χ4v) is 4.63. The second-order valence-corrected chi connectivity index (χ2v) is 10.7. The van der Waals surface area contributed by atoms with Crippen LogP contribution >= 0.6 is 11.6 Å². The van der Waals surface area contributed by atoms with Crippen molar-refractivity contribution in [2.75, 3.05) is 68.9 Å². The zero-order valence-electron chi connectivity index (χ0n) is 23.7. The van der Waals surface area contributed by atoms with Gasteiger partial charge in [-0.1, -0.05) is 18.5 Å². The minimum absolute atomic E-state index is 0.146. The van der Waals surface area contributed by atoms with E-state index in [4.69, 9.17) is 11.6 Å². The van der Waals surface area contributed by atoms with Crippen LogP contribution in [0.5, 0.6) is 0 Å². The number of amides is 1. The number of rotatable bonds is 12. The number of halogens is 2. The summed E-state index contributed by atoms with van der Waals surface area (Å²) in [5, 5.41) is 14.8. The van der Waals surface area contributed by atoms with Crippen molar-refractivity contribution in [3.05, 3.63) is 47.5 Å². The molecule has 1 amide bonds. The first-order valence-corrected chi connectivity index (χ1v) is 13.8. The molecule has 1 saturated heterocycles. The van der Waals surface area contributed by atoms with Crippen LogP contribution in [-0.4, -0.2) is 101 Å². The predicted molar refractivity (Wildman–Crippen MR) is 158 cm³/mol. The van der Waals surface area contributed by atoms with Crippen molar-refractivity contribution < 1.29 is 18.8 Å². The number of hydrogen-bond acceptors (Lipinski definition) is 11. The summed E-state index contributed by atoms with van der Waals surface area (Å²) >= 11 is 6.09. The van der Waals surface area contributed by atoms with E-state index >= 15 is 0 Å². The largest absolute Gasteiger partial charge is 0.356 e. The quantitative estimate of drug-likeness (QED) is 0.235. The number of Topliss-reactive ketones (excluding diaryl/α,β-unsaturated/α-hetero) is 1. The Labute approximate surface area is 248 Å². The normalized spacial score (nSPS) is 14.7. The summed E-state index contributed by atoms with van der Waals surface area (Å²) in [7, 11) is 3.77. The minimum atomic E-state index is -0.598. The molecule has 0 saturated carbocycles. The molecule has 1 atom stereocenters. The molecular weight excluding hydrogens is 565 g/mol. The number of aldehydes is 1. The molecule has 1 aliphatic rings. The fraction of sp³-hybridized carbons (Fsp3) is 0.393. The highest BCUT2D eigenvalue weighted by Gasteiger charge is 2.20. The lowest BCUT2D eigenvalue weighted by Gasteiger charge is -2.32. The highest BCUT2D eigenvalue weighted by atomic mass is 35.5. The highest BCUT2D eigenvalue weighted by molar-refractivity contribution is 6.30. The second-order valence-electron chi connectivity index (χ2n) is 10.2. The molecule has 0 radical (unpaired) electrons. The van der Waals surface area contributed by atoms with E-state index in [-0.39, 0.29) is 30.0 Å². The molecule has 0 spiro atoms. The third-order valence-corrected chi connectivity index (χ3v) is 7.17. The van der Waals surface area contributed by atoms with E-state index < -0.39 is 17.5 Å². The van der Waals surface area contributed by atoms with Crippen LogP contribution in [0.15, 0.2) is 36.7 Å². The Morgan fingerprint density at radius 1 is 1.12 bits per heavy atom. The standard InChI is InChI=1S/C28H33ClFN9O3/c1-18(24(41)16-40)15-38(3)28-23(13-22(35-36-28)20-12-19(29)4-5-21(20)30)33-25-14-26(32-17-31-25)34-27(42)6-7-39-10-8-37(2)9-11-39/h4-5,12-14,16-18H,6-11,15H2,1-3H3,(H2,31,32,33,34,35,42). The molecule has 0 aliphatic carbocycles. The molecule has 1 aliphatic heterocycles. The van der Waals surface area contributed by atoms with Crippen LogP contribution in [0, 0.1) is 11.7 Å². The number of nitrogens with one attached hydrogen (secondary N) is 2. The number of nitrogens with zero attached hydrogens (tertiary/aromatic N) is 7. The molecule has 2 aromatic heterocycles. The van der Waals surface area contributed by atoms with Crippen molar-refractivity contribution in [2.45, 2.75) is 13.3 Å². The monoisotopic (exact) mass is 597 g/mol. The van der Waals surface area contributed by atoms with Crippen molar-refractivity contribution >= 4 is 52.7 Å². The number of ketones is 1. The van der Waals surface area contributed by atoms with Crippen LogP contribution in [0.3, 0.4) is 0 Å². The molecule has 42 heavy (non-hydrogen) atoms. The Kier molecular flexibility index (Phi) is 10.4. The lowest BCUT2D eigenvalue weighted by Crippen LogP contribution is -2.45. The maximum atomic E-state index is 14.7. The number of piperazine rings is 1. The van der Waals surface area contributed by atoms with Crippen molar-refractivity contribution in [3.8, 4) is 11.3 Å². The average Bonchev–Trinajstić information content (AvgIpc) is 2.97. The smallest absolute Gasteiger partial charge is 0.226 e. The number of benzene rings is 1. The summed E-state index contributed by atoms with van der Waals surface area (Å²) in [5.74, 6) is -0.893. The Morgan fingerprint density at radius 2 is 1.86 bits per heavy atom. The van der Waals surface area contributed by atoms with Gasteiger partial charge in [-0.2, -0.15) is 0 Å². The average molecular weight is 598 g/mol. The van der Waals surface area contributed by atoms with Gasteiger partial charge in [0.05, 0.1) is 11.4 Å². The Bertz CT molecular complexity index is 1440. The second kappa shape index (κ2) is 14.2. The highest BCUT2D eigenvalue weighted by Crippen LogP contribution is 2.32. The maximum absolute atomic E-state index is 14.7.